The molecule has 0 saturated carbocycles. The lowest BCUT2D eigenvalue weighted by molar-refractivity contribution is 0.630. The van der Waals surface area contributed by atoms with E-state index in [0.29, 0.717) is 0 Å². The van der Waals surface area contributed by atoms with E-state index in [9.17, 15) is 4.39 Å². The van der Waals surface area contributed by atoms with Gasteiger partial charge in [-0.25, -0.2) is 4.39 Å². The molecule has 2 N–H and O–H groups in total. The van der Waals surface area contributed by atoms with Crippen molar-refractivity contribution in [3.8, 4) is 0 Å². The van der Waals surface area contributed by atoms with E-state index in [2.05, 4.69) is 10.3 Å². The summed E-state index contributed by atoms with van der Waals surface area (Å²) in [6.45, 7) is 1.80. The second kappa shape index (κ2) is 3.22. The molecule has 0 unspecified atom stereocenters. The van der Waals surface area contributed by atoms with Gasteiger partial charge in [0.05, 0.1) is 5.02 Å². The van der Waals surface area contributed by atoms with Gasteiger partial charge in [-0.1, -0.05) is 11.6 Å². The van der Waals surface area contributed by atoms with Crippen LogP contribution in [0.25, 0.3) is 10.9 Å². The maximum atomic E-state index is 13.2. The first-order valence-corrected chi connectivity index (χ1v) is 5.32. The van der Waals surface area contributed by atoms with E-state index >= 15 is 0 Å². The zero-order chi connectivity index (χ0) is 10.4. The van der Waals surface area contributed by atoms with Crippen molar-refractivity contribution in [2.45, 2.75) is 13.0 Å². The molecule has 3 rings (SSSR count). The molecule has 0 amide bonds. The van der Waals surface area contributed by atoms with Gasteiger partial charge >= 0.3 is 0 Å². The molecular formula is C11H10ClFN2. The molecule has 1 aliphatic heterocycles. The van der Waals surface area contributed by atoms with E-state index in [1.165, 1.54) is 17.3 Å². The third-order valence-corrected chi connectivity index (χ3v) is 3.18. The smallest absolute Gasteiger partial charge is 0.143 e. The van der Waals surface area contributed by atoms with Gasteiger partial charge in [-0.05, 0) is 17.7 Å². The number of fused-ring (bicyclic) bond motifs is 3. The maximum absolute atomic E-state index is 13.2. The van der Waals surface area contributed by atoms with E-state index in [1.807, 2.05) is 0 Å². The summed E-state index contributed by atoms with van der Waals surface area (Å²) in [6.07, 6.45) is 0.962. The van der Waals surface area contributed by atoms with Crippen LogP contribution in [-0.2, 0) is 13.0 Å². The standard InChI is InChI=1S/C11H10ClFN2/c12-8-3-6-7-5-14-2-1-10(7)15-11(6)4-9(8)13/h3-4,14-15H,1-2,5H2. The highest BCUT2D eigenvalue weighted by Gasteiger charge is 2.16. The van der Waals surface area contributed by atoms with Crippen LogP contribution in [0.4, 0.5) is 4.39 Å². The average Bonchev–Trinajstić information content (AvgIpc) is 2.57. The minimum atomic E-state index is -0.365. The van der Waals surface area contributed by atoms with Gasteiger partial charge in [0.15, 0.2) is 0 Å². The van der Waals surface area contributed by atoms with Gasteiger partial charge in [0.25, 0.3) is 0 Å². The summed E-state index contributed by atoms with van der Waals surface area (Å²) in [7, 11) is 0. The molecule has 15 heavy (non-hydrogen) atoms. The molecule has 0 saturated heterocycles. The highest BCUT2D eigenvalue weighted by atomic mass is 35.5. The molecule has 1 aromatic carbocycles. The van der Waals surface area contributed by atoms with Crippen molar-refractivity contribution in [3.05, 3.63) is 34.2 Å². The summed E-state index contributed by atoms with van der Waals surface area (Å²) in [4.78, 5) is 3.25. The predicted octanol–water partition coefficient (Wildman–Crippen LogP) is 2.61. The molecule has 1 aromatic heterocycles. The van der Waals surface area contributed by atoms with E-state index in [1.54, 1.807) is 6.07 Å². The normalized spacial score (nSPS) is 15.6. The summed E-state index contributed by atoms with van der Waals surface area (Å²) in [6, 6.07) is 3.17. The number of nitrogens with one attached hydrogen (secondary N) is 2. The fourth-order valence-corrected chi connectivity index (χ4v) is 2.31. The first kappa shape index (κ1) is 9.19. The Hall–Kier alpha value is -1.06. The molecule has 2 heterocycles. The molecule has 2 nitrogen and oxygen atoms in total. The Balaban J connectivity index is 2.33. The number of aromatic amines is 1. The van der Waals surface area contributed by atoms with Crippen LogP contribution in [0.5, 0.6) is 0 Å². The van der Waals surface area contributed by atoms with Crippen molar-refractivity contribution in [2.24, 2.45) is 0 Å². The summed E-state index contributed by atoms with van der Waals surface area (Å²) in [5.41, 5.74) is 3.26. The van der Waals surface area contributed by atoms with E-state index in [0.717, 1.165) is 30.4 Å². The molecule has 2 aromatic rings. The van der Waals surface area contributed by atoms with Gasteiger partial charge in [-0.15, -0.1) is 0 Å². The third-order valence-electron chi connectivity index (χ3n) is 2.89. The van der Waals surface area contributed by atoms with Gasteiger partial charge in [0.2, 0.25) is 0 Å². The fraction of sp³-hybridized carbons (Fsp3) is 0.273. The number of benzene rings is 1. The van der Waals surface area contributed by atoms with Gasteiger partial charge in [-0.3, -0.25) is 0 Å². The van der Waals surface area contributed by atoms with Crippen LogP contribution < -0.4 is 5.32 Å². The Morgan fingerprint density at radius 2 is 2.20 bits per heavy atom. The number of aromatic nitrogens is 1. The van der Waals surface area contributed by atoms with Crippen LogP contribution >= 0.6 is 11.6 Å². The first-order chi connectivity index (χ1) is 7.25. The Labute approximate surface area is 91.4 Å². The summed E-state index contributed by atoms with van der Waals surface area (Å²) >= 11 is 5.78. The van der Waals surface area contributed by atoms with Crippen molar-refractivity contribution < 1.29 is 4.39 Å². The largest absolute Gasteiger partial charge is 0.358 e. The van der Waals surface area contributed by atoms with Crippen molar-refractivity contribution in [1.82, 2.24) is 10.3 Å². The van der Waals surface area contributed by atoms with Crippen molar-refractivity contribution in [2.75, 3.05) is 6.54 Å². The monoisotopic (exact) mass is 224 g/mol. The van der Waals surface area contributed by atoms with Crippen LogP contribution in [0, 0.1) is 5.82 Å². The van der Waals surface area contributed by atoms with Crippen LogP contribution in [0.1, 0.15) is 11.3 Å². The van der Waals surface area contributed by atoms with E-state index in [-0.39, 0.29) is 10.8 Å². The van der Waals surface area contributed by atoms with Crippen molar-refractivity contribution in [1.29, 1.82) is 0 Å². The topological polar surface area (TPSA) is 27.8 Å². The molecule has 0 radical (unpaired) electrons. The molecular weight excluding hydrogens is 215 g/mol. The molecule has 0 aliphatic carbocycles. The Morgan fingerprint density at radius 1 is 1.33 bits per heavy atom. The Kier molecular flexibility index (Phi) is 1.97. The molecule has 0 spiro atoms. The summed E-state index contributed by atoms with van der Waals surface area (Å²) in [5.74, 6) is -0.365. The van der Waals surface area contributed by atoms with Crippen LogP contribution in [0.3, 0.4) is 0 Å². The SMILES string of the molecule is Fc1cc2[nH]c3c(c2cc1Cl)CNCC3. The highest BCUT2D eigenvalue weighted by molar-refractivity contribution is 6.31. The number of rotatable bonds is 0. The van der Waals surface area contributed by atoms with Crippen molar-refractivity contribution in [3.63, 3.8) is 0 Å². The minimum absolute atomic E-state index is 0.190. The predicted molar refractivity (Wildman–Crippen MR) is 58.7 cm³/mol. The lowest BCUT2D eigenvalue weighted by atomic mass is 10.1. The van der Waals surface area contributed by atoms with Crippen molar-refractivity contribution >= 4 is 22.5 Å². The number of hydrogen-bond acceptors (Lipinski definition) is 1. The minimum Gasteiger partial charge on any atom is -0.358 e. The second-order valence-electron chi connectivity index (χ2n) is 3.82. The lowest BCUT2D eigenvalue weighted by Gasteiger charge is -2.12. The van der Waals surface area contributed by atoms with Gasteiger partial charge in [0, 0.05) is 36.1 Å². The van der Waals surface area contributed by atoms with Crippen LogP contribution in [0.15, 0.2) is 12.1 Å². The molecule has 0 fully saturated rings. The summed E-state index contributed by atoms with van der Waals surface area (Å²) < 4.78 is 13.2. The molecule has 0 bridgehead atoms. The third kappa shape index (κ3) is 1.34. The average molecular weight is 225 g/mol. The zero-order valence-electron chi connectivity index (χ0n) is 8.03. The Bertz CT molecular complexity index is 533. The van der Waals surface area contributed by atoms with Gasteiger partial charge in [-0.2, -0.15) is 0 Å². The zero-order valence-corrected chi connectivity index (χ0v) is 8.79. The van der Waals surface area contributed by atoms with Gasteiger partial charge < -0.3 is 10.3 Å². The fourth-order valence-electron chi connectivity index (χ4n) is 2.14. The maximum Gasteiger partial charge on any atom is 0.143 e. The molecule has 0 atom stereocenters. The highest BCUT2D eigenvalue weighted by Crippen LogP contribution is 2.29. The molecule has 1 aliphatic rings. The Morgan fingerprint density at radius 3 is 3.07 bits per heavy atom. The number of H-pyrrole nitrogens is 1. The van der Waals surface area contributed by atoms with E-state index in [4.69, 9.17) is 11.6 Å². The van der Waals surface area contributed by atoms with Crippen LogP contribution in [0.2, 0.25) is 5.02 Å². The number of halogens is 2. The molecule has 4 heteroatoms. The summed E-state index contributed by atoms with van der Waals surface area (Å²) in [5, 5.41) is 4.52. The first-order valence-electron chi connectivity index (χ1n) is 4.95. The van der Waals surface area contributed by atoms with Crippen LogP contribution in [-0.4, -0.2) is 11.5 Å². The van der Waals surface area contributed by atoms with Gasteiger partial charge in [0.1, 0.15) is 5.82 Å². The lowest BCUT2D eigenvalue weighted by Crippen LogP contribution is -2.22. The molecule has 78 valence electrons. The quantitative estimate of drug-likeness (QED) is 0.708. The van der Waals surface area contributed by atoms with E-state index < -0.39 is 0 Å². The number of hydrogen-bond donors (Lipinski definition) is 2. The second-order valence-corrected chi connectivity index (χ2v) is 4.23.